The second-order valence-corrected chi connectivity index (χ2v) is 22.9. The van der Waals surface area contributed by atoms with Gasteiger partial charge >= 0.3 is 11.9 Å². The Kier molecular flexibility index (Phi) is 26.2. The van der Waals surface area contributed by atoms with E-state index in [4.69, 9.17) is 16.2 Å². The molecule has 1 heterocycles. The van der Waals surface area contributed by atoms with Crippen LogP contribution < -0.4 is 59.3 Å². The minimum atomic E-state index is -1.79. The Balaban J connectivity index is 1.19. The average molecular weight is 1240 g/mol. The van der Waals surface area contributed by atoms with Crippen molar-refractivity contribution in [2.45, 2.75) is 147 Å². The van der Waals surface area contributed by atoms with Crippen molar-refractivity contribution in [3.63, 3.8) is 0 Å². The highest BCUT2D eigenvalue weighted by Gasteiger charge is 2.61. The first-order valence-electron chi connectivity index (χ1n) is 29.3. The van der Waals surface area contributed by atoms with Crippen molar-refractivity contribution in [3.8, 4) is 0 Å². The maximum atomic E-state index is 14.0. The predicted molar refractivity (Wildman–Crippen MR) is 319 cm³/mol. The Labute approximate surface area is 514 Å². The SMILES string of the molecule is COC(=O)[C@@H]1[C@@H](NC(=O)CNC(=O)[C@@H](NC(=O)[C@H](CC(N)=O)NC(=O)[C@@H](NC(=O)[C@@H]2CCCN2C(=O)[C@@H](NC(=O)[C@@H](N)Cc2ccccc2)C(C)C)[C@@H](C)O)C(C)C)[C@H]1C(=O)N[C@@H](Cc1ccccc1)C(=O)N[C@@H](C)C(=O)N[C@@H](Cc1ccccc1)C(=O)O. The summed E-state index contributed by atoms with van der Waals surface area (Å²) >= 11 is 0. The number of benzene rings is 3. The summed E-state index contributed by atoms with van der Waals surface area (Å²) < 4.78 is 4.90. The third-order valence-corrected chi connectivity index (χ3v) is 15.2. The van der Waals surface area contributed by atoms with Gasteiger partial charge in [0.05, 0.1) is 50.1 Å². The zero-order chi connectivity index (χ0) is 65.8. The summed E-state index contributed by atoms with van der Waals surface area (Å²) in [5.74, 6) is -15.7. The van der Waals surface area contributed by atoms with E-state index in [1.165, 1.54) is 32.6 Å². The van der Waals surface area contributed by atoms with Gasteiger partial charge in [-0.05, 0) is 61.6 Å². The molecule has 15 N–H and O–H groups in total. The minimum Gasteiger partial charge on any atom is -0.480 e. The molecule has 11 amide bonds. The molecule has 1 saturated carbocycles. The zero-order valence-corrected chi connectivity index (χ0v) is 50.7. The number of hydrogen-bond donors (Lipinski definition) is 13. The lowest BCUT2D eigenvalue weighted by molar-refractivity contribution is -0.144. The molecular weight excluding hydrogens is 1160 g/mol. The molecule has 482 valence electrons. The van der Waals surface area contributed by atoms with Crippen molar-refractivity contribution >= 4 is 76.9 Å². The molecule has 0 spiro atoms. The average Bonchev–Trinajstić information content (AvgIpc) is 1.63. The summed E-state index contributed by atoms with van der Waals surface area (Å²) in [4.78, 5) is 176. The number of nitrogens with two attached hydrogens (primary N) is 2. The Bertz CT molecular complexity index is 3030. The number of aliphatic carboxylic acids is 1. The van der Waals surface area contributed by atoms with Crippen LogP contribution in [0.25, 0.3) is 0 Å². The van der Waals surface area contributed by atoms with Gasteiger partial charge in [-0.3, -0.25) is 57.5 Å². The van der Waals surface area contributed by atoms with Crippen molar-refractivity contribution in [2.75, 3.05) is 20.2 Å². The van der Waals surface area contributed by atoms with Gasteiger partial charge in [0.25, 0.3) is 0 Å². The molecule has 1 aliphatic heterocycles. The summed E-state index contributed by atoms with van der Waals surface area (Å²) in [6, 6.07) is 12.6. The first-order valence-corrected chi connectivity index (χ1v) is 29.3. The number of nitrogens with one attached hydrogen (secondary N) is 9. The van der Waals surface area contributed by atoms with Gasteiger partial charge in [0, 0.05) is 19.4 Å². The van der Waals surface area contributed by atoms with E-state index in [9.17, 15) is 72.5 Å². The largest absolute Gasteiger partial charge is 0.480 e. The summed E-state index contributed by atoms with van der Waals surface area (Å²) in [5.41, 5.74) is 13.7. The lowest BCUT2D eigenvalue weighted by atomic mass is 10.00. The number of carbonyl (C=O) groups is 13. The first kappa shape index (κ1) is 70.5. The third-order valence-electron chi connectivity index (χ3n) is 15.2. The van der Waals surface area contributed by atoms with Crippen LogP contribution in [0, 0.1) is 23.7 Å². The Morgan fingerprint density at radius 2 is 1.09 bits per heavy atom. The van der Waals surface area contributed by atoms with Gasteiger partial charge < -0.3 is 79.2 Å². The molecule has 0 aromatic heterocycles. The minimum absolute atomic E-state index is 0.0469. The molecule has 28 nitrogen and oxygen atoms in total. The highest BCUT2D eigenvalue weighted by atomic mass is 16.5. The highest BCUT2D eigenvalue weighted by Crippen LogP contribution is 2.40. The second-order valence-electron chi connectivity index (χ2n) is 22.9. The smallest absolute Gasteiger partial charge is 0.326 e. The van der Waals surface area contributed by atoms with Crippen LogP contribution in [0.2, 0.25) is 0 Å². The molecule has 2 fully saturated rings. The molecule has 0 bridgehead atoms. The molecule has 13 atom stereocenters. The second kappa shape index (κ2) is 33.2. The topological polar surface area (TPSA) is 435 Å². The van der Waals surface area contributed by atoms with Gasteiger partial charge in [0.15, 0.2) is 0 Å². The molecular formula is C61H82N12O16. The number of esters is 1. The van der Waals surface area contributed by atoms with E-state index in [2.05, 4.69) is 47.9 Å². The van der Waals surface area contributed by atoms with E-state index in [1.54, 1.807) is 86.6 Å². The van der Waals surface area contributed by atoms with E-state index in [1.807, 2.05) is 18.2 Å². The highest BCUT2D eigenvalue weighted by molar-refractivity contribution is 6.00. The monoisotopic (exact) mass is 1240 g/mol. The lowest BCUT2D eigenvalue weighted by Gasteiger charge is -2.32. The predicted octanol–water partition coefficient (Wildman–Crippen LogP) is -2.88. The number of likely N-dealkylation sites (tertiary alicyclic amines) is 1. The Morgan fingerprint density at radius 3 is 1.61 bits per heavy atom. The molecule has 0 unspecified atom stereocenters. The number of carboxylic acid groups (broad SMARTS) is 1. The number of carboxylic acids is 1. The number of aliphatic hydroxyl groups is 1. The molecule has 1 saturated heterocycles. The molecule has 3 aromatic carbocycles. The quantitative estimate of drug-likeness (QED) is 0.0279. The van der Waals surface area contributed by atoms with E-state index >= 15 is 0 Å². The van der Waals surface area contributed by atoms with Crippen molar-refractivity contribution < 1.29 is 77.3 Å². The van der Waals surface area contributed by atoms with E-state index in [0.29, 0.717) is 17.5 Å². The van der Waals surface area contributed by atoms with Crippen LogP contribution in [0.3, 0.4) is 0 Å². The summed E-state index contributed by atoms with van der Waals surface area (Å²) in [7, 11) is 1.06. The molecule has 89 heavy (non-hydrogen) atoms. The van der Waals surface area contributed by atoms with Gasteiger partial charge in [-0.25, -0.2) is 4.79 Å². The maximum absolute atomic E-state index is 14.0. The lowest BCUT2D eigenvalue weighted by Crippen LogP contribution is -2.62. The third kappa shape index (κ3) is 20.7. The molecule has 5 rings (SSSR count). The maximum Gasteiger partial charge on any atom is 0.326 e. The van der Waals surface area contributed by atoms with Crippen LogP contribution >= 0.6 is 0 Å². The Morgan fingerprint density at radius 1 is 0.573 bits per heavy atom. The number of carbonyl (C=O) groups excluding carboxylic acids is 12. The van der Waals surface area contributed by atoms with E-state index in [0.717, 1.165) is 12.7 Å². The van der Waals surface area contributed by atoms with Crippen LogP contribution in [0.5, 0.6) is 0 Å². The fraction of sp³-hybridized carbons (Fsp3) is 0.492. The van der Waals surface area contributed by atoms with Crippen LogP contribution in [0.4, 0.5) is 0 Å². The summed E-state index contributed by atoms with van der Waals surface area (Å²) in [6.45, 7) is 8.30. The normalized spacial score (nSPS) is 18.9. The number of aliphatic hydroxyl groups excluding tert-OH is 1. The molecule has 1 aliphatic carbocycles. The van der Waals surface area contributed by atoms with E-state index in [-0.39, 0.29) is 32.2 Å². The van der Waals surface area contributed by atoms with Crippen molar-refractivity contribution in [2.24, 2.45) is 35.1 Å². The first-order chi connectivity index (χ1) is 42.1. The van der Waals surface area contributed by atoms with Crippen LogP contribution in [-0.2, 0) is 86.3 Å². The van der Waals surface area contributed by atoms with Crippen molar-refractivity contribution in [3.05, 3.63) is 108 Å². The van der Waals surface area contributed by atoms with Gasteiger partial charge in [0.2, 0.25) is 65.0 Å². The number of nitrogens with zero attached hydrogens (tertiary/aromatic N) is 1. The number of hydrogen-bond acceptors (Lipinski definition) is 16. The number of rotatable bonds is 32. The van der Waals surface area contributed by atoms with Gasteiger partial charge in [-0.2, -0.15) is 0 Å². The van der Waals surface area contributed by atoms with Crippen molar-refractivity contribution in [1.82, 2.24) is 52.8 Å². The molecule has 28 heteroatoms. The summed E-state index contributed by atoms with van der Waals surface area (Å²) in [6.07, 6.45) is -1.88. The van der Waals surface area contributed by atoms with Crippen LogP contribution in [0.15, 0.2) is 91.0 Å². The number of ether oxygens (including phenoxy) is 1. The van der Waals surface area contributed by atoms with Crippen molar-refractivity contribution in [1.29, 1.82) is 0 Å². The van der Waals surface area contributed by atoms with E-state index < -0.39 is 180 Å². The van der Waals surface area contributed by atoms with Gasteiger partial charge in [-0.1, -0.05) is 119 Å². The van der Waals surface area contributed by atoms with Crippen LogP contribution in [-0.4, -0.2) is 179 Å². The Hall–Kier alpha value is -9.31. The number of amides is 11. The molecule has 3 aromatic rings. The van der Waals surface area contributed by atoms with Gasteiger partial charge in [0.1, 0.15) is 48.3 Å². The zero-order valence-electron chi connectivity index (χ0n) is 50.7. The number of methoxy groups -OCH3 is 1. The van der Waals surface area contributed by atoms with Crippen LogP contribution in [0.1, 0.15) is 77.5 Å². The fourth-order valence-corrected chi connectivity index (χ4v) is 10.1. The van der Waals surface area contributed by atoms with Gasteiger partial charge in [-0.15, -0.1) is 0 Å². The number of primary amides is 1. The fourth-order valence-electron chi connectivity index (χ4n) is 10.1. The molecule has 0 radical (unpaired) electrons. The summed E-state index contributed by atoms with van der Waals surface area (Å²) in [5, 5.41) is 42.9. The molecule has 2 aliphatic rings. The standard InChI is InChI=1S/C61H82N12O16/c1-31(2)47(70-54(80)40(29-43(63)75)67-58(84)49(34(6)74)72-55(81)42-24-17-25-73(42)59(85)48(32(3)4)71-52(78)38(62)26-35-18-11-8-12-19-35)57(83)64-30-44(76)69-50-45(46(50)61(88)89-7)56(82)66-39(27-36-20-13-9-14-21-36)53(79)65-33(5)51(77)68-41(60(86)87)28-37-22-15-10-16-23-37/h8-16,18-23,31-34,38-42,45-50,74H,17,24-30,62H2,1-7H3,(H2,63,75)(H,64,83)(H,65,79)(H,66,82)(H,67,84)(H,68,77)(H,69,76)(H,70,80)(H,71,78)(H,72,81)(H,86,87)/t33-,34+,38-,39-,40-,41-,42-,45-,46-,47-,48-,49-,50-/m0/s1.